The topological polar surface area (TPSA) is 130 Å². The lowest BCUT2D eigenvalue weighted by atomic mass is 9.96. The van der Waals surface area contributed by atoms with Crippen molar-refractivity contribution in [2.45, 2.75) is 37.2 Å². The van der Waals surface area contributed by atoms with E-state index in [1.807, 2.05) is 0 Å². The molecule has 9 heteroatoms. The molecule has 1 aromatic rings. The first-order valence-corrected chi connectivity index (χ1v) is 7.77. The van der Waals surface area contributed by atoms with E-state index in [1.54, 1.807) is 0 Å². The molecule has 2 N–H and O–H groups in total. The number of carbonyl (C=O) groups excluding carboxylic acids is 1. The number of nitro groups is 1. The SMILES string of the molecule is Cc1c(C(=O)OC2CCC2)cc([N+](=O)[O-])cc1S(N)(=O)=O. The summed E-state index contributed by atoms with van der Waals surface area (Å²) in [6.45, 7) is 1.36. The van der Waals surface area contributed by atoms with Crippen LogP contribution in [0.1, 0.15) is 35.2 Å². The van der Waals surface area contributed by atoms with Crippen molar-refractivity contribution < 1.29 is 22.9 Å². The largest absolute Gasteiger partial charge is 0.459 e. The standard InChI is InChI=1S/C12H14N2O6S/c1-7-10(12(15)20-9-3-2-4-9)5-8(14(16)17)6-11(7)21(13,18)19/h5-6,9H,2-4H2,1H3,(H2,13,18,19). The zero-order valence-corrected chi connectivity index (χ0v) is 12.1. The van der Waals surface area contributed by atoms with E-state index in [2.05, 4.69) is 0 Å². The van der Waals surface area contributed by atoms with Gasteiger partial charge >= 0.3 is 5.97 Å². The second kappa shape index (κ2) is 5.41. The Balaban J connectivity index is 2.50. The summed E-state index contributed by atoms with van der Waals surface area (Å²) in [5.74, 6) is -0.772. The fourth-order valence-corrected chi connectivity index (χ4v) is 2.81. The van der Waals surface area contributed by atoms with Crippen molar-refractivity contribution in [3.05, 3.63) is 33.4 Å². The van der Waals surface area contributed by atoms with Gasteiger partial charge in [-0.2, -0.15) is 0 Å². The van der Waals surface area contributed by atoms with Crippen molar-refractivity contribution in [2.75, 3.05) is 0 Å². The van der Waals surface area contributed by atoms with Crippen LogP contribution in [0.25, 0.3) is 0 Å². The smallest absolute Gasteiger partial charge is 0.338 e. The van der Waals surface area contributed by atoms with E-state index >= 15 is 0 Å². The zero-order chi connectivity index (χ0) is 15.8. The summed E-state index contributed by atoms with van der Waals surface area (Å²) in [5, 5.41) is 15.9. The molecular weight excluding hydrogens is 300 g/mol. The van der Waals surface area contributed by atoms with Crippen LogP contribution < -0.4 is 5.14 Å². The molecule has 0 aliphatic heterocycles. The van der Waals surface area contributed by atoms with Gasteiger partial charge in [0.1, 0.15) is 6.10 Å². The molecule has 0 spiro atoms. The van der Waals surface area contributed by atoms with E-state index in [0.29, 0.717) is 0 Å². The predicted octanol–water partition coefficient (Wildman–Crippen LogP) is 1.26. The van der Waals surface area contributed by atoms with Gasteiger partial charge in [0.15, 0.2) is 0 Å². The van der Waals surface area contributed by atoms with Crippen molar-refractivity contribution in [3.63, 3.8) is 0 Å². The molecule has 0 heterocycles. The third-order valence-electron chi connectivity index (χ3n) is 3.41. The first-order valence-electron chi connectivity index (χ1n) is 6.23. The van der Waals surface area contributed by atoms with Gasteiger partial charge < -0.3 is 4.74 Å². The highest BCUT2D eigenvalue weighted by Crippen LogP contribution is 2.28. The molecule has 0 bridgehead atoms. The number of nitrogens with zero attached hydrogens (tertiary/aromatic N) is 1. The van der Waals surface area contributed by atoms with Crippen molar-refractivity contribution in [2.24, 2.45) is 5.14 Å². The minimum atomic E-state index is -4.18. The van der Waals surface area contributed by atoms with Crippen LogP contribution in [0, 0.1) is 17.0 Å². The van der Waals surface area contributed by atoms with Crippen molar-refractivity contribution in [1.29, 1.82) is 0 Å². The van der Waals surface area contributed by atoms with Crippen LogP contribution >= 0.6 is 0 Å². The number of nitro benzene ring substituents is 1. The molecule has 0 atom stereocenters. The molecule has 1 fully saturated rings. The number of hydrogen-bond acceptors (Lipinski definition) is 6. The van der Waals surface area contributed by atoms with Crippen LogP contribution in [0.2, 0.25) is 0 Å². The lowest BCUT2D eigenvalue weighted by Crippen LogP contribution is -2.26. The van der Waals surface area contributed by atoms with E-state index in [4.69, 9.17) is 9.88 Å². The third-order valence-corrected chi connectivity index (χ3v) is 4.45. The molecule has 2 rings (SSSR count). The molecule has 1 aliphatic rings. The highest BCUT2D eigenvalue weighted by atomic mass is 32.2. The lowest BCUT2D eigenvalue weighted by molar-refractivity contribution is -0.385. The fraction of sp³-hybridized carbons (Fsp3) is 0.417. The van der Waals surface area contributed by atoms with Crippen LogP contribution in [0.15, 0.2) is 17.0 Å². The Morgan fingerprint density at radius 3 is 2.48 bits per heavy atom. The summed E-state index contributed by atoms with van der Waals surface area (Å²) >= 11 is 0. The molecular formula is C12H14N2O6S. The second-order valence-electron chi connectivity index (χ2n) is 4.88. The van der Waals surface area contributed by atoms with Gasteiger partial charge in [-0.15, -0.1) is 0 Å². The number of rotatable bonds is 4. The minimum absolute atomic E-state index is 0.0485. The Hall–Kier alpha value is -2.00. The zero-order valence-electron chi connectivity index (χ0n) is 11.2. The van der Waals surface area contributed by atoms with Crippen LogP contribution in [0.5, 0.6) is 0 Å². The number of hydrogen-bond donors (Lipinski definition) is 1. The number of primary sulfonamides is 1. The maximum atomic E-state index is 12.0. The van der Waals surface area contributed by atoms with E-state index < -0.39 is 31.5 Å². The van der Waals surface area contributed by atoms with Gasteiger partial charge in [-0.3, -0.25) is 10.1 Å². The van der Waals surface area contributed by atoms with Crippen molar-refractivity contribution in [3.8, 4) is 0 Å². The van der Waals surface area contributed by atoms with Gasteiger partial charge in [-0.1, -0.05) is 0 Å². The van der Waals surface area contributed by atoms with E-state index in [9.17, 15) is 23.3 Å². The van der Waals surface area contributed by atoms with Gasteiger partial charge in [0.25, 0.3) is 5.69 Å². The monoisotopic (exact) mass is 314 g/mol. The fourth-order valence-electron chi connectivity index (χ4n) is 1.99. The number of carbonyl (C=O) groups is 1. The molecule has 8 nitrogen and oxygen atoms in total. The molecule has 0 aromatic heterocycles. The highest BCUT2D eigenvalue weighted by molar-refractivity contribution is 7.89. The second-order valence-corrected chi connectivity index (χ2v) is 6.41. The number of non-ortho nitro benzene ring substituents is 1. The Kier molecular flexibility index (Phi) is 3.97. The van der Waals surface area contributed by atoms with Gasteiger partial charge in [0, 0.05) is 12.1 Å². The van der Waals surface area contributed by atoms with Crippen LogP contribution in [0.3, 0.4) is 0 Å². The van der Waals surface area contributed by atoms with Crippen molar-refractivity contribution in [1.82, 2.24) is 0 Å². The Labute approximate surface area is 121 Å². The summed E-state index contributed by atoms with van der Waals surface area (Å²) in [6, 6.07) is 1.84. The van der Waals surface area contributed by atoms with E-state index in [1.165, 1.54) is 6.92 Å². The summed E-state index contributed by atoms with van der Waals surface area (Å²) in [6.07, 6.45) is 2.21. The average Bonchev–Trinajstić information content (AvgIpc) is 2.32. The first-order chi connectivity index (χ1) is 9.70. The highest BCUT2D eigenvalue weighted by Gasteiger charge is 2.27. The molecule has 0 unspecified atom stereocenters. The minimum Gasteiger partial charge on any atom is -0.459 e. The molecule has 0 saturated heterocycles. The lowest BCUT2D eigenvalue weighted by Gasteiger charge is -2.25. The Morgan fingerprint density at radius 2 is 2.05 bits per heavy atom. The number of sulfonamides is 1. The quantitative estimate of drug-likeness (QED) is 0.506. The molecule has 21 heavy (non-hydrogen) atoms. The maximum absolute atomic E-state index is 12.0. The first kappa shape index (κ1) is 15.4. The van der Waals surface area contributed by atoms with Gasteiger partial charge in [0.05, 0.1) is 15.4 Å². The summed E-state index contributed by atoms with van der Waals surface area (Å²) < 4.78 is 28.2. The van der Waals surface area contributed by atoms with Crippen molar-refractivity contribution >= 4 is 21.7 Å². The number of ether oxygens (including phenoxy) is 1. The van der Waals surface area contributed by atoms with Crippen LogP contribution in [-0.2, 0) is 14.8 Å². The van der Waals surface area contributed by atoms with Crippen LogP contribution in [-0.4, -0.2) is 25.4 Å². The maximum Gasteiger partial charge on any atom is 0.338 e. The molecule has 114 valence electrons. The van der Waals surface area contributed by atoms with E-state index in [0.717, 1.165) is 31.4 Å². The van der Waals surface area contributed by atoms with Gasteiger partial charge in [-0.25, -0.2) is 18.4 Å². The number of nitrogens with two attached hydrogens (primary N) is 1. The molecule has 1 saturated carbocycles. The Morgan fingerprint density at radius 1 is 1.43 bits per heavy atom. The van der Waals surface area contributed by atoms with Gasteiger partial charge in [-0.05, 0) is 31.7 Å². The molecule has 0 amide bonds. The average molecular weight is 314 g/mol. The Bertz CT molecular complexity index is 709. The van der Waals surface area contributed by atoms with Gasteiger partial charge in [0.2, 0.25) is 10.0 Å². The molecule has 1 aromatic carbocycles. The molecule has 0 radical (unpaired) electrons. The summed E-state index contributed by atoms with van der Waals surface area (Å²) in [4.78, 5) is 21.7. The third kappa shape index (κ3) is 3.19. The molecule has 1 aliphatic carbocycles. The predicted molar refractivity (Wildman–Crippen MR) is 72.3 cm³/mol. The van der Waals surface area contributed by atoms with E-state index in [-0.39, 0.29) is 17.2 Å². The van der Waals surface area contributed by atoms with Crippen LogP contribution in [0.4, 0.5) is 5.69 Å². The summed E-state index contributed by atoms with van der Waals surface area (Å²) in [5.41, 5.74) is -0.627. The summed E-state index contributed by atoms with van der Waals surface area (Å²) in [7, 11) is -4.18. The number of benzene rings is 1. The number of esters is 1. The normalized spacial score (nSPS) is 15.3.